The van der Waals surface area contributed by atoms with Crippen molar-refractivity contribution in [3.05, 3.63) is 70.1 Å². The molecule has 2 atom stereocenters. The molecule has 2 aromatic carbocycles. The lowest BCUT2D eigenvalue weighted by Crippen LogP contribution is -2.17. The van der Waals surface area contributed by atoms with E-state index in [1.165, 1.54) is 5.56 Å². The number of aryl methyl sites for hydroxylation is 1. The Kier molecular flexibility index (Phi) is 4.85. The minimum absolute atomic E-state index is 0.306. The molecule has 1 aliphatic carbocycles. The van der Waals surface area contributed by atoms with Crippen LogP contribution in [-0.2, 0) is 4.74 Å². The molecule has 1 aromatic heterocycles. The Morgan fingerprint density at radius 1 is 1.11 bits per heavy atom. The second-order valence-corrected chi connectivity index (χ2v) is 7.73. The van der Waals surface area contributed by atoms with Crippen molar-refractivity contribution in [2.75, 3.05) is 27.4 Å². The van der Waals surface area contributed by atoms with Gasteiger partial charge in [-0.2, -0.15) is 0 Å². The maximum Gasteiger partial charge on any atom is 0.336 e. The van der Waals surface area contributed by atoms with Crippen molar-refractivity contribution in [1.82, 2.24) is 4.90 Å². The van der Waals surface area contributed by atoms with Gasteiger partial charge in [0.15, 0.2) is 0 Å². The van der Waals surface area contributed by atoms with Crippen LogP contribution in [-0.4, -0.2) is 32.3 Å². The van der Waals surface area contributed by atoms with Crippen molar-refractivity contribution in [2.45, 2.75) is 19.3 Å². The molecular formula is C23H25NO3. The van der Waals surface area contributed by atoms with Crippen LogP contribution in [0.25, 0.3) is 22.1 Å². The Hall–Kier alpha value is -2.43. The van der Waals surface area contributed by atoms with E-state index < -0.39 is 0 Å². The van der Waals surface area contributed by atoms with Crippen molar-refractivity contribution in [2.24, 2.45) is 5.92 Å². The Bertz CT molecular complexity index is 1020. The van der Waals surface area contributed by atoms with E-state index in [1.54, 1.807) is 6.07 Å². The van der Waals surface area contributed by atoms with E-state index in [2.05, 4.69) is 31.2 Å². The van der Waals surface area contributed by atoms with Gasteiger partial charge < -0.3 is 9.15 Å². The maximum absolute atomic E-state index is 12.2. The number of hydrogen-bond acceptors (Lipinski definition) is 4. The molecule has 1 saturated carbocycles. The van der Waals surface area contributed by atoms with E-state index in [0.717, 1.165) is 35.1 Å². The average Bonchev–Trinajstić information content (AvgIpc) is 3.40. The highest BCUT2D eigenvalue weighted by atomic mass is 16.5. The van der Waals surface area contributed by atoms with Gasteiger partial charge in [-0.1, -0.05) is 36.4 Å². The van der Waals surface area contributed by atoms with Crippen LogP contribution in [0.1, 0.15) is 23.5 Å². The number of hydrogen-bond donors (Lipinski definition) is 0. The highest BCUT2D eigenvalue weighted by Crippen LogP contribution is 2.48. The standard InChI is InChI=1S/C23H25NO3/c1-15-6-4-5-7-18(15)21-12-23(25)27-22-11-16(8-9-19(21)22)20-10-17(20)13-26-14-24(2)3/h4-9,11-12,17,20H,10,13-14H2,1-3H3/t17?,20-/m1/s1. The average molecular weight is 363 g/mol. The van der Waals surface area contributed by atoms with E-state index in [-0.39, 0.29) is 5.63 Å². The largest absolute Gasteiger partial charge is 0.423 e. The summed E-state index contributed by atoms with van der Waals surface area (Å²) in [5, 5.41) is 0.980. The predicted octanol–water partition coefficient (Wildman–Crippen LogP) is 4.41. The summed E-state index contributed by atoms with van der Waals surface area (Å²) in [4.78, 5) is 14.2. The lowest BCUT2D eigenvalue weighted by molar-refractivity contribution is 0.0490. The highest BCUT2D eigenvalue weighted by Gasteiger charge is 2.38. The molecule has 1 aliphatic rings. The molecular weight excluding hydrogens is 338 g/mol. The molecule has 0 bridgehead atoms. The molecule has 27 heavy (non-hydrogen) atoms. The summed E-state index contributed by atoms with van der Waals surface area (Å²) in [6.07, 6.45) is 1.13. The summed E-state index contributed by atoms with van der Waals surface area (Å²) >= 11 is 0. The van der Waals surface area contributed by atoms with E-state index >= 15 is 0 Å². The van der Waals surface area contributed by atoms with Gasteiger partial charge >= 0.3 is 5.63 Å². The highest BCUT2D eigenvalue weighted by molar-refractivity contribution is 5.94. The quantitative estimate of drug-likeness (QED) is 0.481. The number of benzene rings is 2. The fraction of sp³-hybridized carbons (Fsp3) is 0.348. The van der Waals surface area contributed by atoms with Crippen molar-refractivity contribution < 1.29 is 9.15 Å². The van der Waals surface area contributed by atoms with Gasteiger partial charge in [0.05, 0.1) is 13.3 Å². The fourth-order valence-electron chi connectivity index (χ4n) is 3.73. The number of ether oxygens (including phenoxy) is 1. The number of nitrogens with zero attached hydrogens (tertiary/aromatic N) is 1. The second-order valence-electron chi connectivity index (χ2n) is 7.73. The van der Waals surface area contributed by atoms with Gasteiger partial charge in [-0.25, -0.2) is 4.79 Å². The summed E-state index contributed by atoms with van der Waals surface area (Å²) < 4.78 is 11.3. The minimum atomic E-state index is -0.306. The van der Waals surface area contributed by atoms with Gasteiger partial charge in [-0.15, -0.1) is 0 Å². The Labute approximate surface area is 159 Å². The molecule has 0 N–H and O–H groups in total. The van der Waals surface area contributed by atoms with E-state index in [4.69, 9.17) is 9.15 Å². The molecule has 4 nitrogen and oxygen atoms in total. The molecule has 3 aromatic rings. The topological polar surface area (TPSA) is 42.7 Å². The van der Waals surface area contributed by atoms with Gasteiger partial charge in [0.2, 0.25) is 0 Å². The lowest BCUT2D eigenvalue weighted by atomic mass is 9.96. The van der Waals surface area contributed by atoms with Crippen LogP contribution in [0.3, 0.4) is 0 Å². The van der Waals surface area contributed by atoms with Crippen LogP contribution in [0.15, 0.2) is 57.7 Å². The van der Waals surface area contributed by atoms with Crippen LogP contribution in [0.5, 0.6) is 0 Å². The third-order valence-corrected chi connectivity index (χ3v) is 5.24. The molecule has 1 fully saturated rings. The molecule has 0 saturated heterocycles. The fourth-order valence-corrected chi connectivity index (χ4v) is 3.73. The molecule has 0 radical (unpaired) electrons. The first-order valence-corrected chi connectivity index (χ1v) is 9.39. The van der Waals surface area contributed by atoms with Crippen LogP contribution < -0.4 is 5.63 Å². The van der Waals surface area contributed by atoms with Crippen molar-refractivity contribution in [3.8, 4) is 11.1 Å². The maximum atomic E-state index is 12.2. The molecule has 0 amide bonds. The zero-order valence-electron chi connectivity index (χ0n) is 16.1. The first-order chi connectivity index (χ1) is 13.0. The summed E-state index contributed by atoms with van der Waals surface area (Å²) in [6.45, 7) is 3.48. The smallest absolute Gasteiger partial charge is 0.336 e. The molecule has 0 aliphatic heterocycles. The first-order valence-electron chi connectivity index (χ1n) is 9.39. The lowest BCUT2D eigenvalue weighted by Gasteiger charge is -2.11. The molecule has 4 heteroatoms. The van der Waals surface area contributed by atoms with E-state index in [9.17, 15) is 4.79 Å². The van der Waals surface area contributed by atoms with E-state index in [1.807, 2.05) is 37.2 Å². The summed E-state index contributed by atoms with van der Waals surface area (Å²) in [7, 11) is 4.00. The zero-order valence-corrected chi connectivity index (χ0v) is 16.1. The normalized spacial score (nSPS) is 19.0. The van der Waals surface area contributed by atoms with Gasteiger partial charge in [-0.05, 0) is 62.0 Å². The van der Waals surface area contributed by atoms with Crippen LogP contribution in [0.2, 0.25) is 0 Å². The molecule has 1 heterocycles. The predicted molar refractivity (Wildman–Crippen MR) is 108 cm³/mol. The zero-order chi connectivity index (χ0) is 19.0. The third kappa shape index (κ3) is 3.82. The summed E-state index contributed by atoms with van der Waals surface area (Å²) in [5.41, 5.74) is 4.74. The summed E-state index contributed by atoms with van der Waals surface area (Å²) in [6, 6.07) is 16.0. The van der Waals surface area contributed by atoms with Gasteiger partial charge in [-0.3, -0.25) is 4.90 Å². The van der Waals surface area contributed by atoms with Gasteiger partial charge in [0.1, 0.15) is 5.58 Å². The molecule has 140 valence electrons. The second kappa shape index (κ2) is 7.29. The van der Waals surface area contributed by atoms with Crippen LogP contribution >= 0.6 is 0 Å². The van der Waals surface area contributed by atoms with Gasteiger partial charge in [0, 0.05) is 17.0 Å². The SMILES string of the molecule is Cc1ccccc1-c1cc(=O)oc2cc([C@H]3CC3COCN(C)C)ccc12. The monoisotopic (exact) mass is 363 g/mol. The van der Waals surface area contributed by atoms with Crippen molar-refractivity contribution in [3.63, 3.8) is 0 Å². The first kappa shape index (κ1) is 18.0. The third-order valence-electron chi connectivity index (χ3n) is 5.24. The Morgan fingerprint density at radius 2 is 1.93 bits per heavy atom. The molecule has 0 spiro atoms. The van der Waals surface area contributed by atoms with Gasteiger partial charge in [0.25, 0.3) is 0 Å². The summed E-state index contributed by atoms with van der Waals surface area (Å²) in [5.74, 6) is 1.04. The Morgan fingerprint density at radius 3 is 2.70 bits per heavy atom. The van der Waals surface area contributed by atoms with Crippen molar-refractivity contribution >= 4 is 11.0 Å². The van der Waals surface area contributed by atoms with Crippen LogP contribution in [0.4, 0.5) is 0 Å². The minimum Gasteiger partial charge on any atom is -0.423 e. The number of rotatable bonds is 6. The van der Waals surface area contributed by atoms with Crippen molar-refractivity contribution in [1.29, 1.82) is 0 Å². The molecule has 4 rings (SSSR count). The number of fused-ring (bicyclic) bond motifs is 1. The van der Waals surface area contributed by atoms with Crippen LogP contribution in [0, 0.1) is 12.8 Å². The van der Waals surface area contributed by atoms with E-state index in [0.29, 0.717) is 24.1 Å². The Balaban J connectivity index is 1.63. The molecule has 1 unspecified atom stereocenters.